The van der Waals surface area contributed by atoms with Crippen LogP contribution in [0.1, 0.15) is 36.9 Å². The molecule has 2 N–H and O–H groups in total. The summed E-state index contributed by atoms with van der Waals surface area (Å²) >= 11 is 0. The molecule has 0 fully saturated rings. The summed E-state index contributed by atoms with van der Waals surface area (Å²) in [5, 5.41) is 17.9. The average molecular weight is 427 g/mol. The van der Waals surface area contributed by atoms with E-state index in [0.29, 0.717) is 30.1 Å². The van der Waals surface area contributed by atoms with Crippen molar-refractivity contribution in [2.45, 2.75) is 20.8 Å². The Morgan fingerprint density at radius 2 is 2.06 bits per heavy atom. The van der Waals surface area contributed by atoms with Crippen LogP contribution in [0.15, 0.2) is 65.7 Å². The van der Waals surface area contributed by atoms with Crippen LogP contribution < -0.4 is 10.6 Å². The first-order valence-electron chi connectivity index (χ1n) is 10.1. The van der Waals surface area contributed by atoms with Crippen LogP contribution in [-0.4, -0.2) is 37.4 Å². The maximum absolute atomic E-state index is 11.9. The van der Waals surface area contributed by atoms with Crippen LogP contribution in [0.25, 0.3) is 17.3 Å². The maximum Gasteiger partial charge on any atom is 0.252 e. The molecule has 0 bridgehead atoms. The first kappa shape index (κ1) is 27.5. The predicted octanol–water partition coefficient (Wildman–Crippen LogP) is 4.94. The molecule has 0 aliphatic rings. The van der Waals surface area contributed by atoms with E-state index in [4.69, 9.17) is 9.78 Å². The summed E-state index contributed by atoms with van der Waals surface area (Å²) in [6.45, 7) is 9.76. The SMILES string of the molecule is C=CC.CC.N#CCNC(=O)c1cccc(-c2cc(/C=C/C=C/CNCCF)on2)c1. The van der Waals surface area contributed by atoms with Crippen molar-refractivity contribution in [3.05, 3.63) is 72.5 Å². The van der Waals surface area contributed by atoms with Gasteiger partial charge in [0.05, 0.1) is 6.07 Å². The number of carbonyl (C=O) groups is 1. The number of carbonyl (C=O) groups excluding carboxylic acids is 1. The van der Waals surface area contributed by atoms with Gasteiger partial charge in [0.15, 0.2) is 5.76 Å². The Hall–Kier alpha value is -3.50. The molecule has 0 atom stereocenters. The number of hydrogen-bond acceptors (Lipinski definition) is 5. The number of hydrogen-bond donors (Lipinski definition) is 2. The van der Waals surface area contributed by atoms with E-state index < -0.39 is 0 Å². The highest BCUT2D eigenvalue weighted by Crippen LogP contribution is 2.21. The van der Waals surface area contributed by atoms with Gasteiger partial charge in [-0.25, -0.2) is 4.39 Å². The Morgan fingerprint density at radius 1 is 1.32 bits per heavy atom. The highest BCUT2D eigenvalue weighted by Gasteiger charge is 2.09. The number of amides is 1. The standard InChI is InChI=1S/C19H19FN4O2.C3H6.C2H6/c20-8-11-22-10-3-1-2-7-17-14-18(24-26-17)15-5-4-6-16(13-15)19(25)23-12-9-21;1-3-2;1-2/h1-7,13-14,22H,8,10-12H2,(H,23,25);3H,1H2,2H3;1-2H3/b3-1+,7-2+;;. The lowest BCUT2D eigenvalue weighted by molar-refractivity contribution is 0.0958. The molecule has 6 nitrogen and oxygen atoms in total. The fourth-order valence-corrected chi connectivity index (χ4v) is 2.09. The van der Waals surface area contributed by atoms with Gasteiger partial charge in [-0.1, -0.05) is 55.4 Å². The number of allylic oxidation sites excluding steroid dienone is 3. The minimum absolute atomic E-state index is 0.0429. The van der Waals surface area contributed by atoms with Crippen molar-refractivity contribution in [1.82, 2.24) is 15.8 Å². The summed E-state index contributed by atoms with van der Waals surface area (Å²) in [7, 11) is 0. The molecule has 7 heteroatoms. The predicted molar refractivity (Wildman–Crippen MR) is 124 cm³/mol. The third-order valence-electron chi connectivity index (χ3n) is 3.32. The van der Waals surface area contributed by atoms with Gasteiger partial charge < -0.3 is 15.2 Å². The van der Waals surface area contributed by atoms with Crippen molar-refractivity contribution < 1.29 is 13.7 Å². The van der Waals surface area contributed by atoms with E-state index in [-0.39, 0.29) is 19.1 Å². The zero-order valence-electron chi connectivity index (χ0n) is 18.4. The van der Waals surface area contributed by atoms with Gasteiger partial charge in [-0.3, -0.25) is 4.79 Å². The van der Waals surface area contributed by atoms with Crippen molar-refractivity contribution in [2.24, 2.45) is 0 Å². The van der Waals surface area contributed by atoms with E-state index in [1.807, 2.05) is 45.1 Å². The lowest BCUT2D eigenvalue weighted by Crippen LogP contribution is -2.23. The van der Waals surface area contributed by atoms with Crippen LogP contribution in [0.4, 0.5) is 4.39 Å². The molecule has 1 heterocycles. The number of benzene rings is 1. The molecule has 1 aromatic carbocycles. The largest absolute Gasteiger partial charge is 0.356 e. The van der Waals surface area contributed by atoms with Crippen molar-refractivity contribution >= 4 is 12.0 Å². The second-order valence-corrected chi connectivity index (χ2v) is 5.62. The first-order chi connectivity index (χ1) is 15.2. The van der Waals surface area contributed by atoms with Crippen molar-refractivity contribution in [1.29, 1.82) is 5.26 Å². The fourth-order valence-electron chi connectivity index (χ4n) is 2.09. The van der Waals surface area contributed by atoms with E-state index in [2.05, 4.69) is 22.4 Å². The minimum atomic E-state index is -0.383. The molecule has 1 aromatic heterocycles. The summed E-state index contributed by atoms with van der Waals surface area (Å²) < 4.78 is 17.2. The van der Waals surface area contributed by atoms with Gasteiger partial charge in [0.1, 0.15) is 18.9 Å². The number of nitrogens with zero attached hydrogens (tertiary/aromatic N) is 2. The van der Waals surface area contributed by atoms with Crippen LogP contribution in [0, 0.1) is 11.3 Å². The Morgan fingerprint density at radius 3 is 2.74 bits per heavy atom. The Labute approximate surface area is 184 Å². The van der Waals surface area contributed by atoms with Gasteiger partial charge in [0.2, 0.25) is 0 Å². The molecule has 0 saturated carbocycles. The molecule has 31 heavy (non-hydrogen) atoms. The van der Waals surface area contributed by atoms with E-state index >= 15 is 0 Å². The van der Waals surface area contributed by atoms with Gasteiger partial charge in [-0.2, -0.15) is 5.26 Å². The molecule has 2 rings (SSSR count). The lowest BCUT2D eigenvalue weighted by Gasteiger charge is -2.02. The number of nitriles is 1. The van der Waals surface area contributed by atoms with Gasteiger partial charge in [-0.15, -0.1) is 6.58 Å². The summed E-state index contributed by atoms with van der Waals surface area (Å²) in [5.41, 5.74) is 1.79. The van der Waals surface area contributed by atoms with E-state index in [9.17, 15) is 9.18 Å². The second-order valence-electron chi connectivity index (χ2n) is 5.62. The van der Waals surface area contributed by atoms with Gasteiger partial charge >= 0.3 is 0 Å². The number of aromatic nitrogens is 1. The summed E-state index contributed by atoms with van der Waals surface area (Å²) in [5.74, 6) is 0.254. The fraction of sp³-hybridized carbons (Fsp3) is 0.292. The van der Waals surface area contributed by atoms with Crippen molar-refractivity contribution in [3.63, 3.8) is 0 Å². The molecule has 0 spiro atoms. The third-order valence-corrected chi connectivity index (χ3v) is 3.32. The molecule has 0 aliphatic heterocycles. The van der Waals surface area contributed by atoms with Crippen LogP contribution in [0.5, 0.6) is 0 Å². The highest BCUT2D eigenvalue weighted by molar-refractivity contribution is 5.95. The third kappa shape index (κ3) is 11.9. The second kappa shape index (κ2) is 18.5. The smallest absolute Gasteiger partial charge is 0.252 e. The Kier molecular flexibility index (Phi) is 16.4. The number of nitrogens with one attached hydrogen (secondary N) is 2. The first-order valence-corrected chi connectivity index (χ1v) is 10.1. The number of rotatable bonds is 9. The van der Waals surface area contributed by atoms with Crippen molar-refractivity contribution in [3.8, 4) is 17.3 Å². The molecule has 0 aliphatic carbocycles. The topological polar surface area (TPSA) is 91.0 Å². The quantitative estimate of drug-likeness (QED) is 0.256. The van der Waals surface area contributed by atoms with Crippen molar-refractivity contribution in [2.75, 3.05) is 26.3 Å². The van der Waals surface area contributed by atoms with E-state index in [1.165, 1.54) is 0 Å². The number of alkyl halides is 1. The highest BCUT2D eigenvalue weighted by atomic mass is 19.1. The van der Waals surface area contributed by atoms with Crippen LogP contribution in [-0.2, 0) is 0 Å². The summed E-state index contributed by atoms with van der Waals surface area (Å²) in [4.78, 5) is 11.9. The Balaban J connectivity index is 0.00000165. The summed E-state index contributed by atoms with van der Waals surface area (Å²) in [6, 6.07) is 10.5. The van der Waals surface area contributed by atoms with Gasteiger partial charge in [-0.05, 0) is 25.1 Å². The summed E-state index contributed by atoms with van der Waals surface area (Å²) in [6.07, 6.45) is 9.00. The lowest BCUT2D eigenvalue weighted by atomic mass is 10.1. The van der Waals surface area contributed by atoms with E-state index in [0.717, 1.165) is 5.56 Å². The molecular formula is C24H31FN4O2. The zero-order valence-corrected chi connectivity index (χ0v) is 18.4. The molecular weight excluding hydrogens is 395 g/mol. The average Bonchev–Trinajstić information content (AvgIpc) is 3.28. The van der Waals surface area contributed by atoms with Crippen LogP contribution >= 0.6 is 0 Å². The molecule has 0 saturated heterocycles. The molecule has 2 aromatic rings. The minimum Gasteiger partial charge on any atom is -0.356 e. The van der Waals surface area contributed by atoms with E-state index in [1.54, 1.807) is 42.5 Å². The molecule has 0 radical (unpaired) electrons. The van der Waals surface area contributed by atoms with Crippen LogP contribution in [0.3, 0.4) is 0 Å². The van der Waals surface area contributed by atoms with Gasteiger partial charge in [0.25, 0.3) is 5.91 Å². The molecule has 0 unspecified atom stereocenters. The number of halogens is 1. The Bertz CT molecular complexity index is 866. The molecule has 166 valence electrons. The zero-order chi connectivity index (χ0) is 23.3. The maximum atomic E-state index is 11.9. The normalized spacial score (nSPS) is 9.90. The monoisotopic (exact) mass is 426 g/mol. The van der Waals surface area contributed by atoms with Gasteiger partial charge in [0, 0.05) is 30.3 Å². The molecule has 1 amide bonds. The van der Waals surface area contributed by atoms with Crippen LogP contribution in [0.2, 0.25) is 0 Å².